The molecule has 2 heterocycles. The molecule has 0 bridgehead atoms. The van der Waals surface area contributed by atoms with Crippen LogP contribution >= 0.6 is 24.0 Å². The van der Waals surface area contributed by atoms with Crippen molar-refractivity contribution in [1.82, 2.24) is 30.3 Å². The van der Waals surface area contributed by atoms with Gasteiger partial charge in [-0.1, -0.05) is 13.8 Å². The fourth-order valence-corrected chi connectivity index (χ4v) is 3.22. The second-order valence-electron chi connectivity index (χ2n) is 7.04. The van der Waals surface area contributed by atoms with Gasteiger partial charge in [0.15, 0.2) is 11.8 Å². The summed E-state index contributed by atoms with van der Waals surface area (Å²) in [7, 11) is 0. The van der Waals surface area contributed by atoms with Crippen molar-refractivity contribution in [2.24, 2.45) is 10.9 Å². The Bertz CT molecular complexity index is 544. The van der Waals surface area contributed by atoms with Crippen LogP contribution in [0.25, 0.3) is 0 Å². The normalized spacial score (nSPS) is 16.9. The molecule has 1 aliphatic rings. The highest BCUT2D eigenvalue weighted by Gasteiger charge is 2.22. The average Bonchev–Trinajstić information content (AvgIpc) is 3.11. The molecule has 1 aromatic rings. The van der Waals surface area contributed by atoms with Crippen LogP contribution in [0.1, 0.15) is 39.9 Å². The topological polar surface area (TPSA) is 79.6 Å². The summed E-state index contributed by atoms with van der Waals surface area (Å²) in [6.07, 6.45) is 2.92. The number of aryl methyl sites for hydroxylation is 1. The van der Waals surface area contributed by atoms with Gasteiger partial charge in [-0.3, -0.25) is 4.90 Å². The predicted molar refractivity (Wildman–Crippen MR) is 120 cm³/mol. The zero-order chi connectivity index (χ0) is 18.8. The first kappa shape index (κ1) is 24.1. The van der Waals surface area contributed by atoms with Crippen molar-refractivity contribution in [3.8, 4) is 0 Å². The highest BCUT2D eigenvalue weighted by Crippen LogP contribution is 2.13. The second kappa shape index (κ2) is 13.3. The van der Waals surface area contributed by atoms with Gasteiger partial charge < -0.3 is 19.9 Å². The highest BCUT2D eigenvalue weighted by molar-refractivity contribution is 14.0. The lowest BCUT2D eigenvalue weighted by molar-refractivity contribution is 0.0132. The first-order valence-electron chi connectivity index (χ1n) is 9.84. The SMILES string of the molecule is CCNC(=NCc1nncn1CC)NCC(CC(C)C)N1CCOCC1.I. The molecule has 1 atom stereocenters. The first-order chi connectivity index (χ1) is 12.6. The lowest BCUT2D eigenvalue weighted by atomic mass is 10.0. The van der Waals surface area contributed by atoms with Gasteiger partial charge in [-0.05, 0) is 26.2 Å². The van der Waals surface area contributed by atoms with Crippen molar-refractivity contribution in [3.63, 3.8) is 0 Å². The van der Waals surface area contributed by atoms with Gasteiger partial charge in [0.05, 0.1) is 13.2 Å². The maximum Gasteiger partial charge on any atom is 0.191 e. The Balaban J connectivity index is 0.00000364. The van der Waals surface area contributed by atoms with Gasteiger partial charge in [0.1, 0.15) is 12.9 Å². The standard InChI is InChI=1S/C18H35N7O.HI/c1-5-19-18(21-13-17-23-22-14-24(17)6-2)20-12-16(11-15(3)4)25-7-9-26-10-8-25;/h14-16H,5-13H2,1-4H3,(H2,19,20,21);1H. The van der Waals surface area contributed by atoms with Crippen LogP contribution in [-0.2, 0) is 17.8 Å². The Hall–Kier alpha value is -0.940. The number of halogens is 1. The molecule has 1 aliphatic heterocycles. The Morgan fingerprint density at radius 2 is 2.00 bits per heavy atom. The number of hydrogen-bond acceptors (Lipinski definition) is 5. The smallest absolute Gasteiger partial charge is 0.191 e. The van der Waals surface area contributed by atoms with Gasteiger partial charge in [-0.2, -0.15) is 0 Å². The molecule has 0 aliphatic carbocycles. The Kier molecular flexibility index (Phi) is 11.8. The summed E-state index contributed by atoms with van der Waals surface area (Å²) in [4.78, 5) is 7.22. The maximum atomic E-state index is 5.51. The Morgan fingerprint density at radius 1 is 1.26 bits per heavy atom. The van der Waals surface area contributed by atoms with E-state index in [1.807, 2.05) is 4.57 Å². The Labute approximate surface area is 180 Å². The molecule has 9 heteroatoms. The van der Waals surface area contributed by atoms with Crippen LogP contribution in [0.3, 0.4) is 0 Å². The van der Waals surface area contributed by atoms with E-state index in [1.54, 1.807) is 6.33 Å². The van der Waals surface area contributed by atoms with E-state index in [1.165, 1.54) is 0 Å². The quantitative estimate of drug-likeness (QED) is 0.310. The van der Waals surface area contributed by atoms with Crippen LogP contribution < -0.4 is 10.6 Å². The fourth-order valence-electron chi connectivity index (χ4n) is 3.22. The van der Waals surface area contributed by atoms with Gasteiger partial charge in [-0.25, -0.2) is 4.99 Å². The molecule has 0 saturated carbocycles. The third kappa shape index (κ3) is 8.30. The molecule has 156 valence electrons. The van der Waals surface area contributed by atoms with E-state index in [9.17, 15) is 0 Å². The van der Waals surface area contributed by atoms with E-state index in [0.29, 0.717) is 18.5 Å². The largest absolute Gasteiger partial charge is 0.379 e. The molecule has 0 radical (unpaired) electrons. The van der Waals surface area contributed by atoms with Crippen molar-refractivity contribution >= 4 is 29.9 Å². The van der Waals surface area contributed by atoms with Crippen LogP contribution in [0.15, 0.2) is 11.3 Å². The zero-order valence-electron chi connectivity index (χ0n) is 17.1. The summed E-state index contributed by atoms with van der Waals surface area (Å²) in [6.45, 7) is 15.5. The highest BCUT2D eigenvalue weighted by atomic mass is 127. The van der Waals surface area contributed by atoms with Crippen LogP contribution in [0.2, 0.25) is 0 Å². The number of aromatic nitrogens is 3. The number of hydrogen-bond donors (Lipinski definition) is 2. The summed E-state index contributed by atoms with van der Waals surface area (Å²) >= 11 is 0. The molecule has 0 amide bonds. The third-order valence-corrected chi connectivity index (χ3v) is 4.57. The van der Waals surface area contributed by atoms with Crippen LogP contribution in [0, 0.1) is 5.92 Å². The van der Waals surface area contributed by atoms with Gasteiger partial charge >= 0.3 is 0 Å². The first-order valence-corrected chi connectivity index (χ1v) is 9.84. The third-order valence-electron chi connectivity index (χ3n) is 4.57. The number of guanidine groups is 1. The molecule has 1 unspecified atom stereocenters. The number of nitrogens with one attached hydrogen (secondary N) is 2. The molecule has 2 N–H and O–H groups in total. The molecule has 1 saturated heterocycles. The molecule has 1 aromatic heterocycles. The summed E-state index contributed by atoms with van der Waals surface area (Å²) in [6, 6.07) is 0.488. The van der Waals surface area contributed by atoms with Crippen molar-refractivity contribution in [3.05, 3.63) is 12.2 Å². The zero-order valence-corrected chi connectivity index (χ0v) is 19.5. The molecule has 1 fully saturated rings. The monoisotopic (exact) mass is 493 g/mol. The average molecular weight is 493 g/mol. The molecule has 27 heavy (non-hydrogen) atoms. The summed E-state index contributed by atoms with van der Waals surface area (Å²) in [5.41, 5.74) is 0. The Morgan fingerprint density at radius 3 is 2.63 bits per heavy atom. The minimum Gasteiger partial charge on any atom is -0.379 e. The number of nitrogens with zero attached hydrogens (tertiary/aromatic N) is 5. The van der Waals surface area contributed by atoms with Gasteiger partial charge in [0.25, 0.3) is 0 Å². The summed E-state index contributed by atoms with van der Waals surface area (Å²) in [5, 5.41) is 15.0. The van der Waals surface area contributed by atoms with Crippen molar-refractivity contribution in [2.45, 2.75) is 53.2 Å². The van der Waals surface area contributed by atoms with Gasteiger partial charge in [0.2, 0.25) is 0 Å². The van der Waals surface area contributed by atoms with Crippen LogP contribution in [0.5, 0.6) is 0 Å². The number of ether oxygens (including phenoxy) is 1. The van der Waals surface area contributed by atoms with Crippen LogP contribution in [-0.4, -0.2) is 71.1 Å². The van der Waals surface area contributed by atoms with Crippen LogP contribution in [0.4, 0.5) is 0 Å². The minimum absolute atomic E-state index is 0. The van der Waals surface area contributed by atoms with E-state index < -0.39 is 0 Å². The van der Waals surface area contributed by atoms with E-state index in [0.717, 1.165) is 64.1 Å². The lowest BCUT2D eigenvalue weighted by Gasteiger charge is -2.35. The second-order valence-corrected chi connectivity index (χ2v) is 7.04. The van der Waals surface area contributed by atoms with E-state index >= 15 is 0 Å². The molecule has 0 aromatic carbocycles. The van der Waals surface area contributed by atoms with Crippen molar-refractivity contribution < 1.29 is 4.74 Å². The predicted octanol–water partition coefficient (Wildman–Crippen LogP) is 1.72. The van der Waals surface area contributed by atoms with E-state index in [-0.39, 0.29) is 24.0 Å². The number of rotatable bonds is 9. The minimum atomic E-state index is 0. The molecule has 2 rings (SSSR count). The molecule has 0 spiro atoms. The van der Waals surface area contributed by atoms with Crippen molar-refractivity contribution in [2.75, 3.05) is 39.4 Å². The molecular weight excluding hydrogens is 457 g/mol. The molecule has 8 nitrogen and oxygen atoms in total. The van der Waals surface area contributed by atoms with Crippen molar-refractivity contribution in [1.29, 1.82) is 0 Å². The number of morpholine rings is 1. The summed E-state index contributed by atoms with van der Waals surface area (Å²) < 4.78 is 7.52. The fraction of sp³-hybridized carbons (Fsp3) is 0.833. The van der Waals surface area contributed by atoms with E-state index in [2.05, 4.69) is 58.4 Å². The maximum absolute atomic E-state index is 5.51. The lowest BCUT2D eigenvalue weighted by Crippen LogP contribution is -2.51. The number of aliphatic imine (C=N–C) groups is 1. The van der Waals surface area contributed by atoms with E-state index in [4.69, 9.17) is 4.74 Å². The molecular formula is C18H36IN7O. The van der Waals surface area contributed by atoms with Gasteiger partial charge in [-0.15, -0.1) is 34.2 Å². The summed E-state index contributed by atoms with van der Waals surface area (Å²) in [5.74, 6) is 2.38. The van der Waals surface area contributed by atoms with Gasteiger partial charge in [0, 0.05) is 38.8 Å².